The Morgan fingerprint density at radius 1 is 1.07 bits per heavy atom. The molecule has 156 valence electrons. The molecule has 0 fully saturated rings. The van der Waals surface area contributed by atoms with E-state index in [0.29, 0.717) is 6.42 Å². The number of carbonyl (C=O) groups is 5. The van der Waals surface area contributed by atoms with Crippen molar-refractivity contribution in [1.29, 1.82) is 0 Å². The van der Waals surface area contributed by atoms with Crippen molar-refractivity contribution in [2.24, 2.45) is 17.2 Å². The van der Waals surface area contributed by atoms with E-state index in [1.807, 2.05) is 6.26 Å². The molecule has 13 heteroatoms. The zero-order valence-electron chi connectivity index (χ0n) is 15.1. The van der Waals surface area contributed by atoms with Crippen LogP contribution in [0.25, 0.3) is 0 Å². The number of carbonyl (C=O) groups excluding carboxylic acids is 3. The van der Waals surface area contributed by atoms with Gasteiger partial charge >= 0.3 is 11.9 Å². The number of hydrogen-bond acceptors (Lipinski definition) is 8. The molecule has 0 bridgehead atoms. The molecule has 0 rings (SSSR count). The number of hydrogen-bond donors (Lipinski definition) is 7. The van der Waals surface area contributed by atoms with Crippen LogP contribution in [0.3, 0.4) is 0 Å². The van der Waals surface area contributed by atoms with Gasteiger partial charge in [0.25, 0.3) is 0 Å². The molecule has 0 aromatic rings. The van der Waals surface area contributed by atoms with E-state index in [-0.39, 0.29) is 6.54 Å². The van der Waals surface area contributed by atoms with Crippen LogP contribution in [0.1, 0.15) is 19.8 Å². The van der Waals surface area contributed by atoms with Crippen LogP contribution >= 0.6 is 11.8 Å². The maximum atomic E-state index is 11.0. The van der Waals surface area contributed by atoms with Crippen molar-refractivity contribution in [1.82, 2.24) is 10.6 Å². The molecule has 0 aliphatic heterocycles. The van der Waals surface area contributed by atoms with Crippen LogP contribution in [-0.4, -0.2) is 76.6 Å². The van der Waals surface area contributed by atoms with E-state index in [1.165, 1.54) is 6.92 Å². The van der Waals surface area contributed by atoms with Gasteiger partial charge in [-0.05, 0) is 25.4 Å². The van der Waals surface area contributed by atoms with E-state index in [9.17, 15) is 24.0 Å². The maximum absolute atomic E-state index is 11.0. The number of rotatable bonds is 11. The summed E-state index contributed by atoms with van der Waals surface area (Å²) in [5.41, 5.74) is 15.5. The highest BCUT2D eigenvalue weighted by Crippen LogP contribution is 1.98. The van der Waals surface area contributed by atoms with E-state index < -0.39 is 54.2 Å². The lowest BCUT2D eigenvalue weighted by atomic mass is 10.2. The number of primary amides is 1. The summed E-state index contributed by atoms with van der Waals surface area (Å²) in [5, 5.41) is 21.2. The van der Waals surface area contributed by atoms with Crippen molar-refractivity contribution in [3.8, 4) is 0 Å². The Morgan fingerprint density at radius 2 is 1.63 bits per heavy atom. The van der Waals surface area contributed by atoms with E-state index in [2.05, 4.69) is 10.6 Å². The molecule has 3 atom stereocenters. The number of carboxylic acids is 2. The first-order valence-electron chi connectivity index (χ1n) is 7.73. The Bertz CT molecular complexity index is 530. The molecule has 27 heavy (non-hydrogen) atoms. The van der Waals surface area contributed by atoms with Gasteiger partial charge < -0.3 is 38.0 Å². The lowest BCUT2D eigenvalue weighted by Crippen LogP contribution is -2.48. The Balaban J connectivity index is 0. The number of aliphatic carboxylic acids is 2. The average Bonchev–Trinajstić information content (AvgIpc) is 2.56. The number of amides is 3. The van der Waals surface area contributed by atoms with Crippen LogP contribution in [0.5, 0.6) is 0 Å². The summed E-state index contributed by atoms with van der Waals surface area (Å²) in [6.07, 6.45) is 2.03. The number of thioether (sulfide) groups is 1. The van der Waals surface area contributed by atoms with Crippen LogP contribution < -0.4 is 27.8 Å². The molecular weight excluding hydrogens is 382 g/mol. The molecule has 12 nitrogen and oxygen atoms in total. The van der Waals surface area contributed by atoms with Gasteiger partial charge in [-0.2, -0.15) is 11.8 Å². The van der Waals surface area contributed by atoms with Gasteiger partial charge in [-0.15, -0.1) is 0 Å². The van der Waals surface area contributed by atoms with E-state index in [1.54, 1.807) is 11.8 Å². The van der Waals surface area contributed by atoms with Gasteiger partial charge in [0, 0.05) is 0 Å². The summed E-state index contributed by atoms with van der Waals surface area (Å²) >= 11 is 1.60. The predicted octanol–water partition coefficient (Wildman–Crippen LogP) is -2.95. The lowest BCUT2D eigenvalue weighted by molar-refractivity contribution is -0.143. The highest BCUT2D eigenvalue weighted by atomic mass is 32.2. The fourth-order valence-corrected chi connectivity index (χ4v) is 1.86. The summed E-state index contributed by atoms with van der Waals surface area (Å²) < 4.78 is 0. The first-order chi connectivity index (χ1) is 12.4. The van der Waals surface area contributed by atoms with Crippen molar-refractivity contribution in [2.45, 2.75) is 37.9 Å². The number of nitrogens with one attached hydrogen (secondary N) is 2. The van der Waals surface area contributed by atoms with Crippen LogP contribution in [0.4, 0.5) is 0 Å². The Labute approximate surface area is 160 Å². The summed E-state index contributed by atoms with van der Waals surface area (Å²) in [4.78, 5) is 53.1. The summed E-state index contributed by atoms with van der Waals surface area (Å²) in [5.74, 6) is -3.44. The van der Waals surface area contributed by atoms with Crippen LogP contribution in [0.15, 0.2) is 0 Å². The molecule has 0 aromatic heterocycles. The summed E-state index contributed by atoms with van der Waals surface area (Å²) in [6.45, 7) is 1.03. The number of carboxylic acid groups (broad SMARTS) is 2. The first kappa shape index (κ1) is 26.8. The third kappa shape index (κ3) is 15.6. The maximum Gasteiger partial charge on any atom is 0.326 e. The largest absolute Gasteiger partial charge is 0.480 e. The molecule has 0 aliphatic rings. The van der Waals surface area contributed by atoms with Crippen molar-refractivity contribution in [3.63, 3.8) is 0 Å². The number of nitrogens with two attached hydrogens (primary N) is 3. The van der Waals surface area contributed by atoms with Gasteiger partial charge in [0.2, 0.25) is 17.7 Å². The summed E-state index contributed by atoms with van der Waals surface area (Å²) in [6, 6.07) is -2.75. The molecule has 0 aliphatic carbocycles. The first-order valence-corrected chi connectivity index (χ1v) is 9.12. The van der Waals surface area contributed by atoms with Crippen molar-refractivity contribution >= 4 is 41.4 Å². The molecule has 3 amide bonds. The van der Waals surface area contributed by atoms with Gasteiger partial charge in [-0.25, -0.2) is 4.79 Å². The second-order valence-electron chi connectivity index (χ2n) is 5.36. The van der Waals surface area contributed by atoms with E-state index in [4.69, 9.17) is 27.4 Å². The minimum Gasteiger partial charge on any atom is -0.480 e. The van der Waals surface area contributed by atoms with Crippen molar-refractivity contribution < 1.29 is 34.2 Å². The van der Waals surface area contributed by atoms with Gasteiger partial charge in [0.05, 0.1) is 18.5 Å². The standard InChI is InChI=1S/C7H13N3O4.C7H14N2O3S/c1-3(8)6(12)10-4(7(13)14)2-5(9)11;1-13-3-2-5(8)7(12)9-4-6(10)11/h3-4H,2,8H2,1H3,(H2,9,11)(H,10,12)(H,13,14);5H,2-4,8H2,1H3,(H,9,12)(H,10,11)/t3?,4-;5-/m00/s1. The zero-order chi connectivity index (χ0) is 21.6. The normalized spacial score (nSPS) is 13.2. The van der Waals surface area contributed by atoms with Gasteiger partial charge in [0.1, 0.15) is 12.6 Å². The molecule has 0 spiro atoms. The van der Waals surface area contributed by atoms with Crippen LogP contribution in [-0.2, 0) is 24.0 Å². The molecule has 0 saturated carbocycles. The van der Waals surface area contributed by atoms with Crippen molar-refractivity contribution in [2.75, 3.05) is 18.6 Å². The highest BCUT2D eigenvalue weighted by molar-refractivity contribution is 7.98. The molecule has 0 radical (unpaired) electrons. The molecule has 10 N–H and O–H groups in total. The molecule has 0 aromatic carbocycles. The van der Waals surface area contributed by atoms with Crippen LogP contribution in [0.2, 0.25) is 0 Å². The quantitative estimate of drug-likeness (QED) is 0.183. The molecule has 1 unspecified atom stereocenters. The zero-order valence-corrected chi connectivity index (χ0v) is 16.0. The van der Waals surface area contributed by atoms with Crippen molar-refractivity contribution in [3.05, 3.63) is 0 Å². The third-order valence-electron chi connectivity index (χ3n) is 2.82. The SMILES string of the molecule is CC(N)C(=O)N[C@@H](CC(N)=O)C(=O)O.CSCC[C@H](N)C(=O)NCC(=O)O. The second kappa shape index (κ2) is 14.8. The Hall–Kier alpha value is -2.38. The fourth-order valence-electron chi connectivity index (χ4n) is 1.37. The minimum absolute atomic E-state index is 0.369. The second-order valence-corrected chi connectivity index (χ2v) is 6.34. The van der Waals surface area contributed by atoms with E-state index >= 15 is 0 Å². The van der Waals surface area contributed by atoms with Crippen LogP contribution in [0, 0.1) is 0 Å². The highest BCUT2D eigenvalue weighted by Gasteiger charge is 2.23. The molecule has 0 heterocycles. The third-order valence-corrected chi connectivity index (χ3v) is 3.46. The molecular formula is C14H27N5O7S. The van der Waals surface area contributed by atoms with Gasteiger partial charge in [-0.1, -0.05) is 0 Å². The minimum atomic E-state index is -1.32. The molecule has 0 saturated heterocycles. The Morgan fingerprint density at radius 3 is 2.00 bits per heavy atom. The van der Waals surface area contributed by atoms with Gasteiger partial charge in [0.15, 0.2) is 0 Å². The summed E-state index contributed by atoms with van der Waals surface area (Å²) in [7, 11) is 0. The average molecular weight is 409 g/mol. The van der Waals surface area contributed by atoms with Gasteiger partial charge in [-0.3, -0.25) is 19.2 Å². The lowest BCUT2D eigenvalue weighted by Gasteiger charge is -2.14. The topological polar surface area (TPSA) is 228 Å². The Kier molecular flexibility index (Phi) is 14.7. The smallest absolute Gasteiger partial charge is 0.326 e. The fraction of sp³-hybridized carbons (Fsp3) is 0.643. The monoisotopic (exact) mass is 409 g/mol. The van der Waals surface area contributed by atoms with E-state index in [0.717, 1.165) is 5.75 Å². The predicted molar refractivity (Wildman–Crippen MR) is 98.6 cm³/mol.